The van der Waals surface area contributed by atoms with Gasteiger partial charge >= 0.3 is 0 Å². The summed E-state index contributed by atoms with van der Waals surface area (Å²) in [7, 11) is 0. The van der Waals surface area contributed by atoms with E-state index in [0.717, 1.165) is 37.8 Å². The van der Waals surface area contributed by atoms with Crippen molar-refractivity contribution in [3.05, 3.63) is 51.0 Å². The fourth-order valence-corrected chi connectivity index (χ4v) is 4.08. The first kappa shape index (κ1) is 20.5. The largest absolute Gasteiger partial charge is 0.342 e. The number of aromatic amines is 1. The fourth-order valence-electron chi connectivity index (χ4n) is 3.88. The zero-order valence-corrected chi connectivity index (χ0v) is 17.7. The van der Waals surface area contributed by atoms with Gasteiger partial charge in [-0.05, 0) is 30.9 Å². The van der Waals surface area contributed by atoms with Crippen LogP contribution >= 0.6 is 11.6 Å². The van der Waals surface area contributed by atoms with E-state index < -0.39 is 0 Å². The van der Waals surface area contributed by atoms with Gasteiger partial charge in [0, 0.05) is 30.5 Å². The number of fused-ring (bicyclic) bond motifs is 1. The number of nitrogens with one attached hydrogen (secondary N) is 1. The van der Waals surface area contributed by atoms with Gasteiger partial charge in [0.1, 0.15) is 5.82 Å². The van der Waals surface area contributed by atoms with E-state index in [0.29, 0.717) is 36.0 Å². The van der Waals surface area contributed by atoms with Gasteiger partial charge in [-0.15, -0.1) is 5.10 Å². The first-order valence-corrected chi connectivity index (χ1v) is 10.8. The summed E-state index contributed by atoms with van der Waals surface area (Å²) in [6, 6.07) is 7.49. The Bertz CT molecular complexity index is 1110. The molecule has 0 spiro atoms. The molecule has 1 N–H and O–H groups in total. The smallest absolute Gasteiger partial charge is 0.281 e. The van der Waals surface area contributed by atoms with Gasteiger partial charge < -0.3 is 9.88 Å². The minimum Gasteiger partial charge on any atom is -0.342 e. The molecule has 0 saturated carbocycles. The van der Waals surface area contributed by atoms with Gasteiger partial charge in [0.2, 0.25) is 5.91 Å². The number of likely N-dealkylation sites (tertiary alicyclic amines) is 1. The molecule has 1 fully saturated rings. The molecule has 1 aromatic carbocycles. The second kappa shape index (κ2) is 8.95. The zero-order chi connectivity index (χ0) is 21.1. The molecule has 158 valence electrons. The van der Waals surface area contributed by atoms with Crippen molar-refractivity contribution >= 4 is 28.7 Å². The molecule has 0 aliphatic carbocycles. The molecule has 1 aliphatic heterocycles. The molecule has 8 nitrogen and oxygen atoms in total. The summed E-state index contributed by atoms with van der Waals surface area (Å²) in [5, 5.41) is 8.75. The Kier molecular flexibility index (Phi) is 6.13. The lowest BCUT2D eigenvalue weighted by Gasteiger charge is -2.32. The topological polar surface area (TPSA) is 96.8 Å². The Morgan fingerprint density at radius 3 is 2.97 bits per heavy atom. The Labute approximate surface area is 179 Å². The van der Waals surface area contributed by atoms with Crippen molar-refractivity contribution in [2.24, 2.45) is 0 Å². The van der Waals surface area contributed by atoms with Crippen molar-refractivity contribution in [2.45, 2.75) is 51.5 Å². The van der Waals surface area contributed by atoms with Crippen LogP contribution in [0.3, 0.4) is 0 Å². The number of aromatic nitrogens is 5. The van der Waals surface area contributed by atoms with Crippen LogP contribution in [-0.2, 0) is 11.3 Å². The molecule has 9 heteroatoms. The predicted molar refractivity (Wildman–Crippen MR) is 115 cm³/mol. The highest BCUT2D eigenvalue weighted by Crippen LogP contribution is 2.25. The minimum absolute atomic E-state index is 0.00918. The molecule has 1 amide bonds. The molecule has 1 unspecified atom stereocenters. The number of halogens is 1. The van der Waals surface area contributed by atoms with Crippen LogP contribution in [0.15, 0.2) is 29.1 Å². The third-order valence-corrected chi connectivity index (χ3v) is 5.94. The average Bonchev–Trinajstić information content (AvgIpc) is 3.17. The highest BCUT2D eigenvalue weighted by Gasteiger charge is 2.27. The monoisotopic (exact) mass is 428 g/mol. The zero-order valence-electron chi connectivity index (χ0n) is 17.0. The quantitative estimate of drug-likeness (QED) is 0.650. The molecule has 3 heterocycles. The standard InChI is InChI=1S/C21H25ClN6O2/c1-2-3-10-17(29)27-11-6-8-15(12-27)19-23-20-18(21(30)24-19)25-26-28(20)13-14-7-4-5-9-16(14)22/h4-5,7,9,15H,2-3,6,8,10-13H2,1H3,(H,23,24,30). The van der Waals surface area contributed by atoms with E-state index >= 15 is 0 Å². The number of hydrogen-bond donors (Lipinski definition) is 1. The summed E-state index contributed by atoms with van der Waals surface area (Å²) >= 11 is 6.27. The highest BCUT2D eigenvalue weighted by molar-refractivity contribution is 6.31. The Balaban J connectivity index is 1.61. The van der Waals surface area contributed by atoms with E-state index in [1.807, 2.05) is 29.2 Å². The second-order valence-corrected chi connectivity index (χ2v) is 8.15. The van der Waals surface area contributed by atoms with Gasteiger partial charge in [-0.25, -0.2) is 9.67 Å². The molecular weight excluding hydrogens is 404 g/mol. The maximum Gasteiger partial charge on any atom is 0.281 e. The predicted octanol–water partition coefficient (Wildman–Crippen LogP) is 3.11. The van der Waals surface area contributed by atoms with Crippen LogP contribution in [0.2, 0.25) is 5.02 Å². The number of carbonyl (C=O) groups excluding carboxylic acids is 1. The number of unbranched alkanes of at least 4 members (excludes halogenated alkanes) is 1. The molecule has 4 rings (SSSR count). The van der Waals surface area contributed by atoms with Crippen molar-refractivity contribution in [1.29, 1.82) is 0 Å². The summed E-state index contributed by atoms with van der Waals surface area (Å²) < 4.78 is 1.60. The first-order valence-electron chi connectivity index (χ1n) is 10.4. The SMILES string of the molecule is CCCCC(=O)N1CCCC(c2nc3c(nnn3Cc3ccccc3Cl)c(=O)[nH]2)C1. The highest BCUT2D eigenvalue weighted by atomic mass is 35.5. The van der Waals surface area contributed by atoms with E-state index in [1.54, 1.807) is 4.68 Å². The number of hydrogen-bond acceptors (Lipinski definition) is 5. The fraction of sp³-hybridized carbons (Fsp3) is 0.476. The molecular formula is C21H25ClN6O2. The Morgan fingerprint density at radius 1 is 1.33 bits per heavy atom. The Morgan fingerprint density at radius 2 is 2.17 bits per heavy atom. The number of amides is 1. The number of benzene rings is 1. The van der Waals surface area contributed by atoms with Gasteiger partial charge in [-0.2, -0.15) is 0 Å². The molecule has 3 aromatic rings. The van der Waals surface area contributed by atoms with Crippen LogP contribution in [0.1, 0.15) is 56.3 Å². The van der Waals surface area contributed by atoms with Gasteiger partial charge in [0.15, 0.2) is 11.2 Å². The van der Waals surface area contributed by atoms with Crippen molar-refractivity contribution in [1.82, 2.24) is 29.9 Å². The third kappa shape index (κ3) is 4.23. The minimum atomic E-state index is -0.310. The molecule has 2 aromatic heterocycles. The third-order valence-electron chi connectivity index (χ3n) is 5.57. The second-order valence-electron chi connectivity index (χ2n) is 7.74. The van der Waals surface area contributed by atoms with E-state index in [2.05, 4.69) is 22.2 Å². The maximum atomic E-state index is 12.6. The van der Waals surface area contributed by atoms with Crippen LogP contribution in [-0.4, -0.2) is 48.9 Å². The van der Waals surface area contributed by atoms with Crippen molar-refractivity contribution in [2.75, 3.05) is 13.1 Å². The van der Waals surface area contributed by atoms with Crippen molar-refractivity contribution in [3.63, 3.8) is 0 Å². The number of carbonyl (C=O) groups is 1. The van der Waals surface area contributed by atoms with Crippen LogP contribution in [0.5, 0.6) is 0 Å². The summed E-state index contributed by atoms with van der Waals surface area (Å²) in [5.74, 6) is 0.753. The number of rotatable bonds is 6. The summed E-state index contributed by atoms with van der Waals surface area (Å²) in [6.45, 7) is 3.79. The first-order chi connectivity index (χ1) is 14.6. The molecule has 1 atom stereocenters. The number of piperidine rings is 1. The van der Waals surface area contributed by atoms with E-state index in [4.69, 9.17) is 16.6 Å². The molecule has 30 heavy (non-hydrogen) atoms. The average molecular weight is 429 g/mol. The van der Waals surface area contributed by atoms with Gasteiger partial charge in [0.05, 0.1) is 6.54 Å². The number of nitrogens with zero attached hydrogens (tertiary/aromatic N) is 5. The summed E-state index contributed by atoms with van der Waals surface area (Å²) in [4.78, 5) is 34.5. The Hall–Kier alpha value is -2.74. The van der Waals surface area contributed by atoms with Gasteiger partial charge in [-0.3, -0.25) is 9.59 Å². The molecule has 0 bridgehead atoms. The normalized spacial score (nSPS) is 16.9. The summed E-state index contributed by atoms with van der Waals surface area (Å²) in [6.07, 6.45) is 4.23. The molecule has 1 saturated heterocycles. The maximum absolute atomic E-state index is 12.6. The van der Waals surface area contributed by atoms with Crippen molar-refractivity contribution in [3.8, 4) is 0 Å². The summed E-state index contributed by atoms with van der Waals surface area (Å²) in [5.41, 5.74) is 1.20. The lowest BCUT2D eigenvalue weighted by molar-refractivity contribution is -0.132. The van der Waals surface area contributed by atoms with Crippen molar-refractivity contribution < 1.29 is 4.79 Å². The molecule has 1 aliphatic rings. The van der Waals surface area contributed by atoms with Crippen LogP contribution in [0.4, 0.5) is 0 Å². The van der Waals surface area contributed by atoms with E-state index in [1.165, 1.54) is 0 Å². The van der Waals surface area contributed by atoms with Gasteiger partial charge in [0.25, 0.3) is 5.56 Å². The lowest BCUT2D eigenvalue weighted by atomic mass is 9.96. The number of H-pyrrole nitrogens is 1. The van der Waals surface area contributed by atoms with Crippen LogP contribution in [0.25, 0.3) is 11.2 Å². The lowest BCUT2D eigenvalue weighted by Crippen LogP contribution is -2.39. The van der Waals surface area contributed by atoms with Gasteiger partial charge in [-0.1, -0.05) is 48.4 Å². The molecule has 0 radical (unpaired) electrons. The van der Waals surface area contributed by atoms with E-state index in [-0.39, 0.29) is 22.9 Å². The van der Waals surface area contributed by atoms with Crippen LogP contribution in [0, 0.1) is 0 Å². The van der Waals surface area contributed by atoms with Crippen LogP contribution < -0.4 is 5.56 Å². The van der Waals surface area contributed by atoms with E-state index in [9.17, 15) is 9.59 Å².